The van der Waals surface area contributed by atoms with Crippen LogP contribution >= 0.6 is 11.3 Å². The van der Waals surface area contributed by atoms with E-state index in [1.54, 1.807) is 35.7 Å². The Labute approximate surface area is 182 Å². The number of methoxy groups -OCH3 is 2. The lowest BCUT2D eigenvalue weighted by Crippen LogP contribution is -2.20. The van der Waals surface area contributed by atoms with E-state index in [1.807, 2.05) is 0 Å². The number of benzene rings is 2. The summed E-state index contributed by atoms with van der Waals surface area (Å²) in [6.07, 6.45) is 2.75. The molecule has 31 heavy (non-hydrogen) atoms. The number of nitrogens with zero attached hydrogens (tertiary/aromatic N) is 1. The van der Waals surface area contributed by atoms with E-state index in [0.29, 0.717) is 27.9 Å². The number of carbonyl (C=O) groups is 2. The number of rotatable bonds is 8. The molecule has 0 radical (unpaired) electrons. The number of amides is 1. The minimum Gasteiger partial charge on any atom is -0.493 e. The Hall–Kier alpha value is -3.72. The lowest BCUT2D eigenvalue weighted by Gasteiger charge is -2.07. The second kappa shape index (κ2) is 10.4. The lowest BCUT2D eigenvalue weighted by molar-refractivity contribution is -0.142. The van der Waals surface area contributed by atoms with Crippen LogP contribution in [0.5, 0.6) is 11.5 Å². The topological polar surface area (TPSA) is 86.8 Å². The largest absolute Gasteiger partial charge is 0.493 e. The van der Waals surface area contributed by atoms with Crippen LogP contribution in [-0.2, 0) is 14.3 Å². The van der Waals surface area contributed by atoms with Crippen LogP contribution in [0.4, 0.5) is 9.52 Å². The summed E-state index contributed by atoms with van der Waals surface area (Å²) in [6, 6.07) is 11.0. The summed E-state index contributed by atoms with van der Waals surface area (Å²) < 4.78 is 28.3. The van der Waals surface area contributed by atoms with Gasteiger partial charge in [-0.15, -0.1) is 11.3 Å². The van der Waals surface area contributed by atoms with E-state index in [0.717, 1.165) is 5.56 Å². The molecule has 160 valence electrons. The number of nitrogens with one attached hydrogen (secondary N) is 1. The van der Waals surface area contributed by atoms with Gasteiger partial charge in [-0.1, -0.05) is 6.07 Å². The maximum Gasteiger partial charge on any atom is 0.331 e. The maximum absolute atomic E-state index is 13.0. The molecule has 1 amide bonds. The molecule has 7 nitrogen and oxygen atoms in total. The molecular formula is C22H19FN2O5S. The van der Waals surface area contributed by atoms with Crippen molar-refractivity contribution in [3.05, 3.63) is 65.3 Å². The molecule has 2 aromatic carbocycles. The SMILES string of the molecule is COc1ccc(C=CC(=O)OCC(=O)Nc2nc(-c3ccc(F)cc3)cs2)cc1OC. The molecule has 0 saturated heterocycles. The van der Waals surface area contributed by atoms with Crippen molar-refractivity contribution in [1.82, 2.24) is 4.98 Å². The molecule has 0 bridgehead atoms. The lowest BCUT2D eigenvalue weighted by atomic mass is 10.2. The molecule has 1 N–H and O–H groups in total. The predicted molar refractivity (Wildman–Crippen MR) is 116 cm³/mol. The Balaban J connectivity index is 1.50. The Morgan fingerprint density at radius 3 is 2.55 bits per heavy atom. The van der Waals surface area contributed by atoms with Crippen LogP contribution in [0, 0.1) is 5.82 Å². The molecule has 0 aliphatic rings. The van der Waals surface area contributed by atoms with Gasteiger partial charge < -0.3 is 14.2 Å². The van der Waals surface area contributed by atoms with E-state index in [4.69, 9.17) is 14.2 Å². The quantitative estimate of drug-likeness (QED) is 0.416. The summed E-state index contributed by atoms with van der Waals surface area (Å²) in [4.78, 5) is 28.2. The molecule has 1 heterocycles. The average molecular weight is 442 g/mol. The molecule has 0 aliphatic heterocycles. The molecule has 0 unspecified atom stereocenters. The fourth-order valence-electron chi connectivity index (χ4n) is 2.55. The molecule has 9 heteroatoms. The van der Waals surface area contributed by atoms with Crippen molar-refractivity contribution in [3.63, 3.8) is 0 Å². The molecule has 3 rings (SSSR count). The van der Waals surface area contributed by atoms with E-state index >= 15 is 0 Å². The zero-order chi connectivity index (χ0) is 22.2. The van der Waals surface area contributed by atoms with Gasteiger partial charge in [-0.25, -0.2) is 14.2 Å². The Kier molecular flexibility index (Phi) is 7.34. The molecule has 3 aromatic rings. The minimum atomic E-state index is -0.670. The van der Waals surface area contributed by atoms with E-state index < -0.39 is 18.5 Å². The fraction of sp³-hybridized carbons (Fsp3) is 0.136. The van der Waals surface area contributed by atoms with Gasteiger partial charge in [0.1, 0.15) is 5.82 Å². The highest BCUT2D eigenvalue weighted by molar-refractivity contribution is 7.14. The van der Waals surface area contributed by atoms with Crippen molar-refractivity contribution in [2.45, 2.75) is 0 Å². The molecule has 0 aliphatic carbocycles. The maximum atomic E-state index is 13.0. The zero-order valence-corrected chi connectivity index (χ0v) is 17.6. The number of carbonyl (C=O) groups excluding carboxylic acids is 2. The molecule has 0 spiro atoms. The van der Waals surface area contributed by atoms with Crippen LogP contribution in [0.25, 0.3) is 17.3 Å². The van der Waals surface area contributed by atoms with Crippen LogP contribution in [0.3, 0.4) is 0 Å². The van der Waals surface area contributed by atoms with Crippen LogP contribution in [-0.4, -0.2) is 37.7 Å². The van der Waals surface area contributed by atoms with Gasteiger partial charge in [0, 0.05) is 17.0 Å². The van der Waals surface area contributed by atoms with Crippen LogP contribution in [0.15, 0.2) is 53.9 Å². The summed E-state index contributed by atoms with van der Waals surface area (Å²) in [7, 11) is 3.05. The van der Waals surface area contributed by atoms with Crippen molar-refractivity contribution in [2.24, 2.45) is 0 Å². The van der Waals surface area contributed by atoms with Gasteiger partial charge in [-0.3, -0.25) is 10.1 Å². The second-order valence-electron chi connectivity index (χ2n) is 6.15. The van der Waals surface area contributed by atoms with E-state index in [9.17, 15) is 14.0 Å². The van der Waals surface area contributed by atoms with Gasteiger partial charge in [-0.05, 0) is 48.0 Å². The third-order valence-corrected chi connectivity index (χ3v) is 4.81. The second-order valence-corrected chi connectivity index (χ2v) is 7.01. The third kappa shape index (κ3) is 6.13. The van der Waals surface area contributed by atoms with E-state index in [-0.39, 0.29) is 5.82 Å². The van der Waals surface area contributed by atoms with Crippen LogP contribution in [0.1, 0.15) is 5.56 Å². The number of anilines is 1. The zero-order valence-electron chi connectivity index (χ0n) is 16.8. The highest BCUT2D eigenvalue weighted by Crippen LogP contribution is 2.28. The van der Waals surface area contributed by atoms with Crippen molar-refractivity contribution in [1.29, 1.82) is 0 Å². The average Bonchev–Trinajstić information content (AvgIpc) is 3.24. The monoisotopic (exact) mass is 442 g/mol. The Morgan fingerprint density at radius 1 is 1.10 bits per heavy atom. The first-order valence-electron chi connectivity index (χ1n) is 9.06. The molecule has 1 aromatic heterocycles. The van der Waals surface area contributed by atoms with Crippen molar-refractivity contribution >= 4 is 34.4 Å². The smallest absolute Gasteiger partial charge is 0.331 e. The molecular weight excluding hydrogens is 423 g/mol. The van der Waals surface area contributed by atoms with Crippen molar-refractivity contribution in [2.75, 3.05) is 26.1 Å². The number of esters is 1. The molecule has 0 saturated carbocycles. The number of hydrogen-bond acceptors (Lipinski definition) is 7. The number of aromatic nitrogens is 1. The first-order valence-corrected chi connectivity index (χ1v) is 9.94. The summed E-state index contributed by atoms with van der Waals surface area (Å²) in [5, 5.41) is 4.65. The highest BCUT2D eigenvalue weighted by atomic mass is 32.1. The van der Waals surface area contributed by atoms with Crippen molar-refractivity contribution in [3.8, 4) is 22.8 Å². The van der Waals surface area contributed by atoms with Gasteiger partial charge in [0.05, 0.1) is 19.9 Å². The van der Waals surface area contributed by atoms with Gasteiger partial charge in [-0.2, -0.15) is 0 Å². The molecule has 0 atom stereocenters. The van der Waals surface area contributed by atoms with E-state index in [1.165, 1.54) is 49.8 Å². The van der Waals surface area contributed by atoms with Gasteiger partial charge >= 0.3 is 5.97 Å². The third-order valence-electron chi connectivity index (χ3n) is 4.06. The summed E-state index contributed by atoms with van der Waals surface area (Å²) in [6.45, 7) is -0.458. The highest BCUT2D eigenvalue weighted by Gasteiger charge is 2.10. The van der Waals surface area contributed by atoms with Gasteiger partial charge in [0.15, 0.2) is 23.2 Å². The van der Waals surface area contributed by atoms with Gasteiger partial charge in [0.2, 0.25) is 0 Å². The summed E-state index contributed by atoms with van der Waals surface area (Å²) in [5.74, 6) is -0.428. The number of halogens is 1. The van der Waals surface area contributed by atoms with Crippen LogP contribution in [0.2, 0.25) is 0 Å². The first kappa shape index (κ1) is 22.0. The summed E-state index contributed by atoms with van der Waals surface area (Å²) >= 11 is 1.21. The normalized spacial score (nSPS) is 10.7. The fourth-order valence-corrected chi connectivity index (χ4v) is 3.28. The number of ether oxygens (including phenoxy) is 3. The van der Waals surface area contributed by atoms with E-state index in [2.05, 4.69) is 10.3 Å². The van der Waals surface area contributed by atoms with Crippen molar-refractivity contribution < 1.29 is 28.2 Å². The molecule has 0 fully saturated rings. The number of thiazole rings is 1. The van der Waals surface area contributed by atoms with Crippen LogP contribution < -0.4 is 14.8 Å². The number of hydrogen-bond donors (Lipinski definition) is 1. The Bertz CT molecular complexity index is 1100. The minimum absolute atomic E-state index is 0.338. The summed E-state index contributed by atoms with van der Waals surface area (Å²) in [5.41, 5.74) is 2.04. The standard InChI is InChI=1S/C22H19FN2O5S/c1-28-18-9-3-14(11-19(18)29-2)4-10-21(27)30-12-20(26)25-22-24-17(13-31-22)15-5-7-16(23)8-6-15/h3-11,13H,12H2,1-2H3,(H,24,25,26). The predicted octanol–water partition coefficient (Wildman–Crippen LogP) is 4.16. The first-order chi connectivity index (χ1) is 15.0. The Morgan fingerprint density at radius 2 is 1.84 bits per heavy atom. The van der Waals surface area contributed by atoms with Gasteiger partial charge in [0.25, 0.3) is 5.91 Å².